The van der Waals surface area contributed by atoms with Crippen molar-refractivity contribution in [1.29, 1.82) is 0 Å². The first-order valence-corrected chi connectivity index (χ1v) is 3.59. The average molecular weight is 153 g/mol. The molecular weight excluding hydrogens is 142 g/mol. The summed E-state index contributed by atoms with van der Waals surface area (Å²) in [6, 6.07) is 0. The van der Waals surface area contributed by atoms with E-state index >= 15 is 0 Å². The van der Waals surface area contributed by atoms with Crippen LogP contribution in [0, 0.1) is 5.92 Å². The number of hydrogen-bond acceptors (Lipinski definition) is 2. The molecule has 3 nitrogen and oxygen atoms in total. The normalized spacial score (nSPS) is 24.0. The van der Waals surface area contributed by atoms with Gasteiger partial charge in [-0.3, -0.25) is 4.99 Å². The van der Waals surface area contributed by atoms with E-state index in [0.29, 0.717) is 11.3 Å². The first-order valence-electron chi connectivity index (χ1n) is 3.59. The number of carboxylic acid groups (broad SMARTS) is 1. The molecule has 1 heterocycles. The lowest BCUT2D eigenvalue weighted by molar-refractivity contribution is -0.133. The van der Waals surface area contributed by atoms with Crippen molar-refractivity contribution in [3.05, 3.63) is 11.3 Å². The molecule has 0 saturated heterocycles. The van der Waals surface area contributed by atoms with Crippen LogP contribution in [0.5, 0.6) is 0 Å². The second kappa shape index (κ2) is 2.86. The van der Waals surface area contributed by atoms with Gasteiger partial charge in [0.05, 0.1) is 5.57 Å². The molecule has 1 rings (SSSR count). The molecule has 11 heavy (non-hydrogen) atoms. The van der Waals surface area contributed by atoms with Crippen molar-refractivity contribution in [3.8, 4) is 0 Å². The van der Waals surface area contributed by atoms with Gasteiger partial charge < -0.3 is 5.11 Å². The van der Waals surface area contributed by atoms with E-state index in [1.807, 2.05) is 6.92 Å². The molecule has 0 fully saturated rings. The first kappa shape index (κ1) is 7.98. The van der Waals surface area contributed by atoms with E-state index in [-0.39, 0.29) is 5.92 Å². The zero-order valence-corrected chi connectivity index (χ0v) is 6.66. The molecule has 1 N–H and O–H groups in total. The monoisotopic (exact) mass is 153 g/mol. The van der Waals surface area contributed by atoms with Gasteiger partial charge in [-0.15, -0.1) is 0 Å². The van der Waals surface area contributed by atoms with Gasteiger partial charge in [0.25, 0.3) is 0 Å². The molecule has 0 saturated carbocycles. The van der Waals surface area contributed by atoms with Crippen molar-refractivity contribution >= 4 is 12.2 Å². The molecule has 0 amide bonds. The van der Waals surface area contributed by atoms with Gasteiger partial charge in [-0.05, 0) is 19.3 Å². The van der Waals surface area contributed by atoms with Crippen LogP contribution in [0.1, 0.15) is 20.3 Å². The average Bonchev–Trinajstić information content (AvgIpc) is 1.85. The highest BCUT2D eigenvalue weighted by Crippen LogP contribution is 2.22. The Kier molecular flexibility index (Phi) is 2.08. The highest BCUT2D eigenvalue weighted by molar-refractivity contribution is 5.89. The summed E-state index contributed by atoms with van der Waals surface area (Å²) < 4.78 is 0. The maximum absolute atomic E-state index is 10.6. The number of carboxylic acids is 1. The molecular formula is C8H11NO2. The van der Waals surface area contributed by atoms with E-state index in [0.717, 1.165) is 6.42 Å². The molecule has 3 heteroatoms. The van der Waals surface area contributed by atoms with E-state index < -0.39 is 5.97 Å². The third kappa shape index (κ3) is 1.48. The number of allylic oxidation sites excluding steroid dienone is 1. The number of rotatable bonds is 1. The Morgan fingerprint density at radius 2 is 2.45 bits per heavy atom. The summed E-state index contributed by atoms with van der Waals surface area (Å²) in [6.45, 7) is 3.63. The van der Waals surface area contributed by atoms with Gasteiger partial charge in [0.1, 0.15) is 0 Å². The summed E-state index contributed by atoms with van der Waals surface area (Å²) in [7, 11) is 0. The SMILES string of the molecule is CC1=C(C(=O)O)C(C)CC=N1. The third-order valence-corrected chi connectivity index (χ3v) is 1.86. The van der Waals surface area contributed by atoms with Gasteiger partial charge in [-0.2, -0.15) is 0 Å². The second-order valence-electron chi connectivity index (χ2n) is 2.75. The van der Waals surface area contributed by atoms with E-state index in [4.69, 9.17) is 5.11 Å². The van der Waals surface area contributed by atoms with Crippen molar-refractivity contribution in [2.45, 2.75) is 20.3 Å². The minimum absolute atomic E-state index is 0.102. The Bertz CT molecular complexity index is 240. The van der Waals surface area contributed by atoms with Crippen molar-refractivity contribution in [3.63, 3.8) is 0 Å². The molecule has 0 radical (unpaired) electrons. The summed E-state index contributed by atoms with van der Waals surface area (Å²) in [5.41, 5.74) is 1.09. The lowest BCUT2D eigenvalue weighted by atomic mass is 9.95. The predicted octanol–water partition coefficient (Wildman–Crippen LogP) is 1.46. The molecule has 0 bridgehead atoms. The Labute approximate surface area is 65.4 Å². The minimum atomic E-state index is -0.841. The molecule has 1 unspecified atom stereocenters. The zero-order chi connectivity index (χ0) is 8.43. The zero-order valence-electron chi connectivity index (χ0n) is 6.66. The van der Waals surface area contributed by atoms with Crippen molar-refractivity contribution in [1.82, 2.24) is 0 Å². The highest BCUT2D eigenvalue weighted by atomic mass is 16.4. The van der Waals surface area contributed by atoms with Crippen LogP contribution >= 0.6 is 0 Å². The van der Waals surface area contributed by atoms with Crippen LogP contribution in [0.3, 0.4) is 0 Å². The van der Waals surface area contributed by atoms with E-state index in [1.165, 1.54) is 0 Å². The van der Waals surface area contributed by atoms with Gasteiger partial charge in [0, 0.05) is 11.9 Å². The van der Waals surface area contributed by atoms with Gasteiger partial charge in [-0.1, -0.05) is 6.92 Å². The number of hydrogen-bond donors (Lipinski definition) is 1. The summed E-state index contributed by atoms with van der Waals surface area (Å²) in [4.78, 5) is 14.6. The molecule has 1 atom stereocenters. The quantitative estimate of drug-likeness (QED) is 0.619. The maximum atomic E-state index is 10.6. The van der Waals surface area contributed by atoms with E-state index in [1.54, 1.807) is 13.1 Å². The standard InChI is InChI=1S/C8H11NO2/c1-5-3-4-9-6(2)7(5)8(10)11/h4-5H,3H2,1-2H3,(H,10,11). The van der Waals surface area contributed by atoms with Gasteiger partial charge in [0.15, 0.2) is 0 Å². The molecule has 60 valence electrons. The fourth-order valence-corrected chi connectivity index (χ4v) is 1.26. The van der Waals surface area contributed by atoms with Crippen molar-refractivity contribution in [2.75, 3.05) is 0 Å². The number of nitrogens with zero attached hydrogens (tertiary/aromatic N) is 1. The fourth-order valence-electron chi connectivity index (χ4n) is 1.26. The lowest BCUT2D eigenvalue weighted by Gasteiger charge is -2.15. The van der Waals surface area contributed by atoms with E-state index in [9.17, 15) is 4.79 Å². The molecule has 0 aromatic carbocycles. The third-order valence-electron chi connectivity index (χ3n) is 1.86. The van der Waals surface area contributed by atoms with Gasteiger partial charge in [-0.25, -0.2) is 4.79 Å². The Hall–Kier alpha value is -1.12. The van der Waals surface area contributed by atoms with Crippen LogP contribution in [0.25, 0.3) is 0 Å². The molecule has 1 aliphatic rings. The molecule has 1 aliphatic heterocycles. The summed E-state index contributed by atoms with van der Waals surface area (Å²) >= 11 is 0. The van der Waals surface area contributed by atoms with E-state index in [2.05, 4.69) is 4.99 Å². The topological polar surface area (TPSA) is 49.7 Å². The molecule has 0 aromatic heterocycles. The highest BCUT2D eigenvalue weighted by Gasteiger charge is 2.20. The number of aliphatic imine (C=N–C) groups is 1. The van der Waals surface area contributed by atoms with Gasteiger partial charge in [0.2, 0.25) is 0 Å². The Balaban J connectivity index is 3.01. The Morgan fingerprint density at radius 1 is 1.82 bits per heavy atom. The Morgan fingerprint density at radius 3 is 2.82 bits per heavy atom. The van der Waals surface area contributed by atoms with Gasteiger partial charge >= 0.3 is 5.97 Å². The lowest BCUT2D eigenvalue weighted by Crippen LogP contribution is -2.15. The van der Waals surface area contributed by atoms with Crippen molar-refractivity contribution < 1.29 is 9.90 Å². The predicted molar refractivity (Wildman–Crippen MR) is 42.6 cm³/mol. The van der Waals surface area contributed by atoms with Crippen molar-refractivity contribution in [2.24, 2.45) is 10.9 Å². The molecule has 0 spiro atoms. The number of aliphatic carboxylic acids is 1. The summed E-state index contributed by atoms with van der Waals surface area (Å²) in [5.74, 6) is -0.739. The molecule has 0 aliphatic carbocycles. The summed E-state index contributed by atoms with van der Waals surface area (Å²) in [6.07, 6.45) is 2.51. The molecule has 0 aromatic rings. The first-order chi connectivity index (χ1) is 5.13. The smallest absolute Gasteiger partial charge is 0.333 e. The van der Waals surface area contributed by atoms with Crippen LogP contribution in [0.15, 0.2) is 16.3 Å². The maximum Gasteiger partial charge on any atom is 0.333 e. The van der Waals surface area contributed by atoms with Crippen LogP contribution in [0.2, 0.25) is 0 Å². The number of carbonyl (C=O) groups is 1. The summed E-state index contributed by atoms with van der Waals surface area (Å²) in [5, 5.41) is 8.75. The van der Waals surface area contributed by atoms with Crippen LogP contribution in [-0.4, -0.2) is 17.3 Å². The second-order valence-corrected chi connectivity index (χ2v) is 2.75. The van der Waals surface area contributed by atoms with Crippen LogP contribution in [-0.2, 0) is 4.79 Å². The largest absolute Gasteiger partial charge is 0.478 e. The fraction of sp³-hybridized carbons (Fsp3) is 0.500. The minimum Gasteiger partial charge on any atom is -0.478 e. The van der Waals surface area contributed by atoms with Crippen LogP contribution < -0.4 is 0 Å². The van der Waals surface area contributed by atoms with Crippen LogP contribution in [0.4, 0.5) is 0 Å².